The summed E-state index contributed by atoms with van der Waals surface area (Å²) >= 11 is 0. The van der Waals surface area contributed by atoms with Crippen LogP contribution >= 0.6 is 0 Å². The zero-order valence-electron chi connectivity index (χ0n) is 17.4. The number of pyridine rings is 1. The molecule has 160 valence electrons. The molecule has 0 bridgehead atoms. The second-order valence-corrected chi connectivity index (χ2v) is 7.01. The van der Waals surface area contributed by atoms with E-state index < -0.39 is 0 Å². The van der Waals surface area contributed by atoms with E-state index in [2.05, 4.69) is 25.5 Å². The maximum absolute atomic E-state index is 12.4. The summed E-state index contributed by atoms with van der Waals surface area (Å²) in [6.07, 6.45) is 3.49. The molecule has 0 aliphatic carbocycles. The lowest BCUT2D eigenvalue weighted by atomic mass is 10.3. The number of guanidine groups is 1. The van der Waals surface area contributed by atoms with Crippen LogP contribution in [0.25, 0.3) is 0 Å². The predicted molar refractivity (Wildman–Crippen MR) is 114 cm³/mol. The average molecular weight is 412 g/mol. The minimum absolute atomic E-state index is 0.0945. The highest BCUT2D eigenvalue weighted by molar-refractivity contribution is 5.92. The number of nitrogens with zero attached hydrogens (tertiary/aromatic N) is 4. The van der Waals surface area contributed by atoms with Crippen LogP contribution in [0.15, 0.2) is 46.1 Å². The molecule has 0 spiro atoms. The number of carbonyl (C=O) groups excluding carboxylic acids is 2. The Morgan fingerprint density at radius 2 is 1.93 bits per heavy atom. The Morgan fingerprint density at radius 3 is 2.57 bits per heavy atom. The molecule has 30 heavy (non-hydrogen) atoms. The van der Waals surface area contributed by atoms with Crippen LogP contribution in [0.2, 0.25) is 0 Å². The molecule has 9 nitrogen and oxygen atoms in total. The number of hydrogen-bond donors (Lipinski definition) is 2. The van der Waals surface area contributed by atoms with Crippen molar-refractivity contribution in [3.63, 3.8) is 0 Å². The van der Waals surface area contributed by atoms with Gasteiger partial charge in [0.1, 0.15) is 5.82 Å². The van der Waals surface area contributed by atoms with E-state index in [9.17, 15) is 9.59 Å². The molecule has 0 saturated carbocycles. The van der Waals surface area contributed by atoms with E-state index >= 15 is 0 Å². The number of anilines is 1. The fraction of sp³-hybridized carbons (Fsp3) is 0.429. The van der Waals surface area contributed by atoms with E-state index in [4.69, 9.17) is 4.42 Å². The van der Waals surface area contributed by atoms with Crippen molar-refractivity contribution in [2.75, 3.05) is 44.6 Å². The quantitative estimate of drug-likeness (QED) is 0.553. The first-order valence-corrected chi connectivity index (χ1v) is 10.2. The molecular weight excluding hydrogens is 384 g/mol. The van der Waals surface area contributed by atoms with E-state index in [1.54, 1.807) is 29.3 Å². The molecule has 1 aliphatic heterocycles. The van der Waals surface area contributed by atoms with E-state index in [1.165, 1.54) is 6.26 Å². The van der Waals surface area contributed by atoms with E-state index in [-0.39, 0.29) is 18.2 Å². The molecule has 0 aromatic carbocycles. The molecule has 1 aliphatic rings. The Morgan fingerprint density at radius 1 is 1.17 bits per heavy atom. The Hall–Kier alpha value is -3.36. The summed E-state index contributed by atoms with van der Waals surface area (Å²) in [5, 5.41) is 6.04. The van der Waals surface area contributed by atoms with Gasteiger partial charge in [-0.1, -0.05) is 6.07 Å². The molecule has 1 fully saturated rings. The minimum atomic E-state index is -0.125. The lowest BCUT2D eigenvalue weighted by molar-refractivity contribution is -0.116. The number of nitrogens with one attached hydrogen (secondary N) is 2. The molecule has 0 unspecified atom stereocenters. The summed E-state index contributed by atoms with van der Waals surface area (Å²) < 4.78 is 5.20. The third-order valence-corrected chi connectivity index (χ3v) is 4.71. The summed E-state index contributed by atoms with van der Waals surface area (Å²) in [7, 11) is 0. The Balaban J connectivity index is 1.49. The number of amides is 2. The molecule has 3 rings (SSSR count). The van der Waals surface area contributed by atoms with Gasteiger partial charge in [-0.25, -0.2) is 4.98 Å². The summed E-state index contributed by atoms with van der Waals surface area (Å²) in [4.78, 5) is 37.2. The van der Waals surface area contributed by atoms with Crippen LogP contribution in [0, 0.1) is 6.92 Å². The van der Waals surface area contributed by atoms with Gasteiger partial charge in [0.2, 0.25) is 5.91 Å². The second-order valence-electron chi connectivity index (χ2n) is 7.01. The molecular formula is C21H28N6O3. The van der Waals surface area contributed by atoms with Gasteiger partial charge in [0.15, 0.2) is 11.7 Å². The predicted octanol–water partition coefficient (Wildman–Crippen LogP) is 1.74. The standard InChI is InChI=1S/C21H28N6O3/c1-3-22-21(23-9-8-19(28)25-18-7-6-16(2)15-24-18)27-12-10-26(11-13-27)20(29)17-5-4-14-30-17/h4-7,14-15H,3,8-13H2,1-2H3,(H,22,23)(H,24,25,28). The number of aryl methyl sites for hydroxylation is 1. The number of aliphatic imine (C=N–C) groups is 1. The van der Waals surface area contributed by atoms with Crippen molar-refractivity contribution >= 4 is 23.6 Å². The van der Waals surface area contributed by atoms with Crippen LogP contribution in [0.4, 0.5) is 5.82 Å². The second kappa shape index (κ2) is 10.4. The topological polar surface area (TPSA) is 103 Å². The maximum atomic E-state index is 12.4. The lowest BCUT2D eigenvalue weighted by Gasteiger charge is -2.36. The summed E-state index contributed by atoms with van der Waals surface area (Å²) in [5.74, 6) is 1.43. The maximum Gasteiger partial charge on any atom is 0.289 e. The van der Waals surface area contributed by atoms with E-state index in [0.717, 1.165) is 18.1 Å². The van der Waals surface area contributed by atoms with Crippen molar-refractivity contribution in [1.82, 2.24) is 20.1 Å². The van der Waals surface area contributed by atoms with Crippen molar-refractivity contribution in [2.24, 2.45) is 4.99 Å². The van der Waals surface area contributed by atoms with E-state index in [0.29, 0.717) is 44.3 Å². The van der Waals surface area contributed by atoms with Gasteiger partial charge in [-0.05, 0) is 37.6 Å². The van der Waals surface area contributed by atoms with Gasteiger partial charge >= 0.3 is 0 Å². The fourth-order valence-electron chi connectivity index (χ4n) is 3.11. The monoisotopic (exact) mass is 412 g/mol. The molecule has 2 N–H and O–H groups in total. The van der Waals surface area contributed by atoms with E-state index in [1.807, 2.05) is 19.9 Å². The Kier molecular flexibility index (Phi) is 7.42. The van der Waals surface area contributed by atoms with Crippen LogP contribution in [-0.4, -0.2) is 71.8 Å². The number of carbonyl (C=O) groups is 2. The number of furan rings is 1. The molecule has 3 heterocycles. The normalized spacial score (nSPS) is 14.5. The largest absolute Gasteiger partial charge is 0.459 e. The van der Waals surface area contributed by atoms with Crippen LogP contribution in [0.3, 0.4) is 0 Å². The molecule has 2 aromatic heterocycles. The zero-order valence-corrected chi connectivity index (χ0v) is 17.4. The highest BCUT2D eigenvalue weighted by atomic mass is 16.3. The smallest absolute Gasteiger partial charge is 0.289 e. The molecule has 1 saturated heterocycles. The van der Waals surface area contributed by atoms with Crippen LogP contribution in [0.1, 0.15) is 29.5 Å². The van der Waals surface area contributed by atoms with Gasteiger partial charge < -0.3 is 24.9 Å². The molecule has 2 amide bonds. The number of aromatic nitrogens is 1. The molecule has 2 aromatic rings. The third-order valence-electron chi connectivity index (χ3n) is 4.71. The molecule has 0 atom stereocenters. The first-order chi connectivity index (χ1) is 14.6. The highest BCUT2D eigenvalue weighted by Crippen LogP contribution is 2.10. The van der Waals surface area contributed by atoms with Crippen molar-refractivity contribution in [3.8, 4) is 0 Å². The molecule has 9 heteroatoms. The van der Waals surface area contributed by atoms with Crippen molar-refractivity contribution < 1.29 is 14.0 Å². The van der Waals surface area contributed by atoms with Crippen molar-refractivity contribution in [1.29, 1.82) is 0 Å². The number of hydrogen-bond acceptors (Lipinski definition) is 5. The van der Waals surface area contributed by atoms with Gasteiger partial charge in [0, 0.05) is 45.3 Å². The first kappa shape index (κ1) is 21.4. The van der Waals surface area contributed by atoms with Gasteiger partial charge in [0.25, 0.3) is 5.91 Å². The summed E-state index contributed by atoms with van der Waals surface area (Å²) in [6, 6.07) is 7.08. The van der Waals surface area contributed by atoms with Gasteiger partial charge in [-0.2, -0.15) is 0 Å². The van der Waals surface area contributed by atoms with Crippen LogP contribution in [-0.2, 0) is 4.79 Å². The Bertz CT molecular complexity index is 855. The van der Waals surface area contributed by atoms with Gasteiger partial charge in [-0.3, -0.25) is 14.6 Å². The average Bonchev–Trinajstić information content (AvgIpc) is 3.29. The lowest BCUT2D eigenvalue weighted by Crippen LogP contribution is -2.53. The summed E-state index contributed by atoms with van der Waals surface area (Å²) in [6.45, 7) is 7.54. The Labute approximate surface area is 176 Å². The minimum Gasteiger partial charge on any atom is -0.459 e. The van der Waals surface area contributed by atoms with Gasteiger partial charge in [0.05, 0.1) is 12.8 Å². The third kappa shape index (κ3) is 5.82. The SMILES string of the molecule is CCNC(=NCCC(=O)Nc1ccc(C)cn1)N1CCN(C(=O)c2ccco2)CC1. The zero-order chi connectivity index (χ0) is 21.3. The highest BCUT2D eigenvalue weighted by Gasteiger charge is 2.25. The molecule has 0 radical (unpaired) electrons. The number of rotatable bonds is 6. The van der Waals surface area contributed by atoms with Crippen LogP contribution < -0.4 is 10.6 Å². The van der Waals surface area contributed by atoms with Crippen LogP contribution in [0.5, 0.6) is 0 Å². The van der Waals surface area contributed by atoms with Crippen molar-refractivity contribution in [3.05, 3.63) is 48.0 Å². The summed E-state index contributed by atoms with van der Waals surface area (Å²) in [5.41, 5.74) is 1.04. The first-order valence-electron chi connectivity index (χ1n) is 10.2. The fourth-order valence-corrected chi connectivity index (χ4v) is 3.11. The van der Waals surface area contributed by atoms with Gasteiger partial charge in [-0.15, -0.1) is 0 Å². The number of piperazine rings is 1. The van der Waals surface area contributed by atoms with Crippen molar-refractivity contribution in [2.45, 2.75) is 20.3 Å².